The molecule has 0 aromatic heterocycles. The second-order valence-corrected chi connectivity index (χ2v) is 6.52. The standard InChI is InChI=1S/C15H21Br2NO/c1-3-5-6-11(4-2)10-18-15(19)13-9-12(16)7-8-14(13)17/h7-9,11H,3-6,10H2,1-2H3,(H,18,19). The van der Waals surface area contributed by atoms with Crippen LogP contribution in [0.4, 0.5) is 0 Å². The summed E-state index contributed by atoms with van der Waals surface area (Å²) in [5, 5.41) is 3.04. The molecule has 0 aliphatic rings. The van der Waals surface area contributed by atoms with E-state index in [0.717, 1.165) is 21.9 Å². The number of carbonyl (C=O) groups excluding carboxylic acids is 1. The average molecular weight is 391 g/mol. The maximum atomic E-state index is 12.1. The van der Waals surface area contributed by atoms with E-state index in [1.807, 2.05) is 18.2 Å². The molecule has 2 nitrogen and oxygen atoms in total. The van der Waals surface area contributed by atoms with E-state index in [4.69, 9.17) is 0 Å². The Labute approximate surface area is 132 Å². The molecule has 0 saturated heterocycles. The third kappa shape index (κ3) is 5.65. The first-order valence-electron chi connectivity index (χ1n) is 6.81. The quantitative estimate of drug-likeness (QED) is 0.684. The van der Waals surface area contributed by atoms with Crippen LogP contribution in [0.15, 0.2) is 27.1 Å². The first-order valence-corrected chi connectivity index (χ1v) is 8.40. The van der Waals surface area contributed by atoms with Gasteiger partial charge < -0.3 is 5.32 Å². The Hall–Kier alpha value is -0.350. The van der Waals surface area contributed by atoms with Gasteiger partial charge in [-0.25, -0.2) is 0 Å². The summed E-state index contributed by atoms with van der Waals surface area (Å²) < 4.78 is 1.74. The van der Waals surface area contributed by atoms with Crippen molar-refractivity contribution in [2.45, 2.75) is 39.5 Å². The lowest BCUT2D eigenvalue weighted by Crippen LogP contribution is -2.29. The van der Waals surface area contributed by atoms with E-state index in [-0.39, 0.29) is 5.91 Å². The smallest absolute Gasteiger partial charge is 0.252 e. The first kappa shape index (κ1) is 16.7. The molecule has 0 bridgehead atoms. The van der Waals surface area contributed by atoms with Crippen LogP contribution in [0.3, 0.4) is 0 Å². The van der Waals surface area contributed by atoms with Crippen molar-refractivity contribution in [3.63, 3.8) is 0 Å². The molecule has 19 heavy (non-hydrogen) atoms. The number of nitrogens with one attached hydrogen (secondary N) is 1. The van der Waals surface area contributed by atoms with Crippen LogP contribution in [-0.4, -0.2) is 12.5 Å². The van der Waals surface area contributed by atoms with Crippen molar-refractivity contribution in [2.24, 2.45) is 5.92 Å². The monoisotopic (exact) mass is 389 g/mol. The molecule has 1 unspecified atom stereocenters. The van der Waals surface area contributed by atoms with E-state index in [2.05, 4.69) is 51.0 Å². The predicted octanol–water partition coefficient (Wildman–Crippen LogP) is 5.16. The highest BCUT2D eigenvalue weighted by Gasteiger charge is 2.12. The number of amides is 1. The van der Waals surface area contributed by atoms with Gasteiger partial charge >= 0.3 is 0 Å². The van der Waals surface area contributed by atoms with Crippen molar-refractivity contribution >= 4 is 37.8 Å². The first-order chi connectivity index (χ1) is 9.08. The zero-order valence-corrected chi connectivity index (χ0v) is 14.7. The Morgan fingerprint density at radius 1 is 1.32 bits per heavy atom. The fourth-order valence-corrected chi connectivity index (χ4v) is 2.73. The summed E-state index contributed by atoms with van der Waals surface area (Å²) in [6.07, 6.45) is 4.74. The SMILES string of the molecule is CCCCC(CC)CNC(=O)c1cc(Br)ccc1Br. The summed E-state index contributed by atoms with van der Waals surface area (Å²) in [6.45, 7) is 5.14. The van der Waals surface area contributed by atoms with Crippen LogP contribution in [0.25, 0.3) is 0 Å². The maximum Gasteiger partial charge on any atom is 0.252 e. The Morgan fingerprint density at radius 3 is 2.68 bits per heavy atom. The molecule has 0 spiro atoms. The molecule has 0 fully saturated rings. The Balaban J connectivity index is 2.56. The summed E-state index contributed by atoms with van der Waals surface area (Å²) in [7, 11) is 0. The average Bonchev–Trinajstić information content (AvgIpc) is 2.41. The molecule has 0 heterocycles. The third-order valence-electron chi connectivity index (χ3n) is 3.27. The maximum absolute atomic E-state index is 12.1. The van der Waals surface area contributed by atoms with Crippen LogP contribution >= 0.6 is 31.9 Å². The summed E-state index contributed by atoms with van der Waals surface area (Å²) in [4.78, 5) is 12.1. The Bertz CT molecular complexity index is 421. The number of hydrogen-bond donors (Lipinski definition) is 1. The van der Waals surface area contributed by atoms with Gasteiger partial charge in [-0.05, 0) is 46.5 Å². The van der Waals surface area contributed by atoms with Crippen molar-refractivity contribution in [1.82, 2.24) is 5.32 Å². The molecular formula is C15H21Br2NO. The molecule has 0 saturated carbocycles. The third-order valence-corrected chi connectivity index (χ3v) is 4.45. The summed E-state index contributed by atoms with van der Waals surface area (Å²) in [5.74, 6) is 0.568. The summed E-state index contributed by atoms with van der Waals surface area (Å²) in [5.41, 5.74) is 0.680. The number of halogens is 2. The zero-order chi connectivity index (χ0) is 14.3. The van der Waals surface area contributed by atoms with Gasteiger partial charge in [0.1, 0.15) is 0 Å². The van der Waals surface area contributed by atoms with Gasteiger partial charge in [-0.3, -0.25) is 4.79 Å². The topological polar surface area (TPSA) is 29.1 Å². The lowest BCUT2D eigenvalue weighted by atomic mass is 9.99. The lowest BCUT2D eigenvalue weighted by Gasteiger charge is -2.15. The number of rotatable bonds is 7. The molecule has 0 aliphatic carbocycles. The molecule has 1 aromatic carbocycles. The van der Waals surface area contributed by atoms with Crippen LogP contribution in [-0.2, 0) is 0 Å². The highest BCUT2D eigenvalue weighted by atomic mass is 79.9. The van der Waals surface area contributed by atoms with E-state index in [0.29, 0.717) is 11.5 Å². The zero-order valence-electron chi connectivity index (χ0n) is 11.5. The van der Waals surface area contributed by atoms with Gasteiger partial charge in [-0.15, -0.1) is 0 Å². The molecule has 0 radical (unpaired) electrons. The largest absolute Gasteiger partial charge is 0.352 e. The lowest BCUT2D eigenvalue weighted by molar-refractivity contribution is 0.0945. The van der Waals surface area contributed by atoms with E-state index in [1.165, 1.54) is 19.3 Å². The van der Waals surface area contributed by atoms with Gasteiger partial charge in [-0.1, -0.05) is 49.0 Å². The molecule has 1 atom stereocenters. The fraction of sp³-hybridized carbons (Fsp3) is 0.533. The van der Waals surface area contributed by atoms with Gasteiger partial charge in [0.25, 0.3) is 5.91 Å². The van der Waals surface area contributed by atoms with Crippen LogP contribution in [0.2, 0.25) is 0 Å². The molecule has 1 N–H and O–H groups in total. The van der Waals surface area contributed by atoms with Crippen molar-refractivity contribution in [3.8, 4) is 0 Å². The minimum atomic E-state index is -0.0110. The highest BCUT2D eigenvalue weighted by Crippen LogP contribution is 2.21. The molecular weight excluding hydrogens is 370 g/mol. The van der Waals surface area contributed by atoms with Crippen molar-refractivity contribution in [1.29, 1.82) is 0 Å². The summed E-state index contributed by atoms with van der Waals surface area (Å²) in [6, 6.07) is 5.64. The second-order valence-electron chi connectivity index (χ2n) is 4.75. The van der Waals surface area contributed by atoms with E-state index >= 15 is 0 Å². The molecule has 4 heteroatoms. The number of unbranched alkanes of at least 4 members (excludes halogenated alkanes) is 1. The molecule has 0 aliphatic heterocycles. The van der Waals surface area contributed by atoms with Gasteiger partial charge in [0, 0.05) is 15.5 Å². The Kier molecular flexibility index (Phi) is 7.69. The van der Waals surface area contributed by atoms with Crippen LogP contribution < -0.4 is 5.32 Å². The van der Waals surface area contributed by atoms with Crippen LogP contribution in [0, 0.1) is 5.92 Å². The van der Waals surface area contributed by atoms with Gasteiger partial charge in [0.05, 0.1) is 5.56 Å². The minimum absolute atomic E-state index is 0.0110. The van der Waals surface area contributed by atoms with Crippen molar-refractivity contribution in [2.75, 3.05) is 6.54 Å². The second kappa shape index (κ2) is 8.75. The summed E-state index contributed by atoms with van der Waals surface area (Å²) >= 11 is 6.81. The van der Waals surface area contributed by atoms with Crippen molar-refractivity contribution < 1.29 is 4.79 Å². The normalized spacial score (nSPS) is 12.2. The molecule has 106 valence electrons. The van der Waals surface area contributed by atoms with E-state index < -0.39 is 0 Å². The number of hydrogen-bond acceptors (Lipinski definition) is 1. The van der Waals surface area contributed by atoms with Crippen molar-refractivity contribution in [3.05, 3.63) is 32.7 Å². The number of carbonyl (C=O) groups is 1. The number of benzene rings is 1. The molecule has 1 rings (SSSR count). The van der Waals surface area contributed by atoms with Crippen LogP contribution in [0.5, 0.6) is 0 Å². The van der Waals surface area contributed by atoms with Gasteiger partial charge in [0.2, 0.25) is 0 Å². The van der Waals surface area contributed by atoms with E-state index in [1.54, 1.807) is 0 Å². The fourth-order valence-electron chi connectivity index (χ4n) is 1.95. The van der Waals surface area contributed by atoms with Crippen LogP contribution in [0.1, 0.15) is 49.9 Å². The predicted molar refractivity (Wildman–Crippen MR) is 87.5 cm³/mol. The molecule has 1 amide bonds. The molecule has 1 aromatic rings. The highest BCUT2D eigenvalue weighted by molar-refractivity contribution is 9.11. The minimum Gasteiger partial charge on any atom is -0.352 e. The van der Waals surface area contributed by atoms with E-state index in [9.17, 15) is 4.79 Å². The Morgan fingerprint density at radius 2 is 2.05 bits per heavy atom. The van der Waals surface area contributed by atoms with Gasteiger partial charge in [-0.2, -0.15) is 0 Å². The van der Waals surface area contributed by atoms with Gasteiger partial charge in [0.15, 0.2) is 0 Å².